The molecule has 1 aromatic carbocycles. The average molecular weight is 316 g/mol. The molecule has 0 saturated carbocycles. The molecule has 91 valence electrons. The second-order valence-electron chi connectivity index (χ2n) is 4.11. The van der Waals surface area contributed by atoms with Crippen LogP contribution in [0.3, 0.4) is 0 Å². The van der Waals surface area contributed by atoms with E-state index >= 15 is 0 Å². The first-order chi connectivity index (χ1) is 8.22. The predicted octanol–water partition coefficient (Wildman–Crippen LogP) is 2.56. The third-order valence-corrected chi connectivity index (χ3v) is 2.84. The van der Waals surface area contributed by atoms with Crippen molar-refractivity contribution < 1.29 is 37.5 Å². The van der Waals surface area contributed by atoms with E-state index in [0.717, 1.165) is 17.2 Å². The van der Waals surface area contributed by atoms with Crippen LogP contribution in [0.5, 0.6) is 0 Å². The van der Waals surface area contributed by atoms with Crippen molar-refractivity contribution in [3.63, 3.8) is 0 Å². The zero-order valence-corrected chi connectivity index (χ0v) is 13.4. The van der Waals surface area contributed by atoms with Crippen LogP contribution in [0.2, 0.25) is 0 Å². The normalized spacial score (nSPS) is 11.7. The minimum atomic E-state index is -0.0375. The molecule has 1 aromatic heterocycles. The van der Waals surface area contributed by atoms with Crippen molar-refractivity contribution in [1.29, 1.82) is 0 Å². The molecule has 1 amide bonds. The molecule has 1 unspecified atom stereocenters. The average Bonchev–Trinajstić information content (AvgIpc) is 2.37. The van der Waals surface area contributed by atoms with Crippen LogP contribution < -0.4 is 5.32 Å². The SMILES string of the molecule is CCC(C)NC(=O)c1cccc2[c-]nccc12.[Y]. The van der Waals surface area contributed by atoms with E-state index in [2.05, 4.69) is 16.5 Å². The standard InChI is InChI=1S/C14H15N2O.Y/c1-3-10(2)16-14(17)13-6-4-5-11-9-15-8-7-12(11)13;/h4-8,10H,3H2,1-2H3,(H,16,17);/q-1;. The molecular formula is C14H15N2OY-. The third kappa shape index (κ3) is 3.36. The number of pyridine rings is 1. The Labute approximate surface area is 132 Å². The van der Waals surface area contributed by atoms with Crippen LogP contribution in [0.4, 0.5) is 0 Å². The Kier molecular flexibility index (Phi) is 5.90. The van der Waals surface area contributed by atoms with Crippen LogP contribution in [-0.2, 0) is 32.7 Å². The van der Waals surface area contributed by atoms with E-state index in [1.807, 2.05) is 38.1 Å². The number of amides is 1. The molecule has 1 heterocycles. The zero-order chi connectivity index (χ0) is 12.3. The van der Waals surface area contributed by atoms with Crippen molar-refractivity contribution in [2.75, 3.05) is 0 Å². The molecule has 0 aliphatic rings. The minimum absolute atomic E-state index is 0. The predicted molar refractivity (Wildman–Crippen MR) is 67.8 cm³/mol. The fourth-order valence-corrected chi connectivity index (χ4v) is 1.66. The van der Waals surface area contributed by atoms with Gasteiger partial charge in [-0.3, -0.25) is 4.79 Å². The van der Waals surface area contributed by atoms with E-state index in [4.69, 9.17) is 0 Å². The number of benzene rings is 1. The summed E-state index contributed by atoms with van der Waals surface area (Å²) in [7, 11) is 0. The number of fused-ring (bicyclic) bond motifs is 1. The van der Waals surface area contributed by atoms with Crippen molar-refractivity contribution in [3.8, 4) is 0 Å². The molecule has 0 aliphatic heterocycles. The maximum Gasteiger partial charge on any atom is 0.242 e. The van der Waals surface area contributed by atoms with E-state index in [1.165, 1.54) is 0 Å². The maximum atomic E-state index is 12.1. The maximum absolute atomic E-state index is 12.1. The molecule has 18 heavy (non-hydrogen) atoms. The topological polar surface area (TPSA) is 42.0 Å². The molecule has 3 nitrogen and oxygen atoms in total. The quantitative estimate of drug-likeness (QED) is 0.884. The van der Waals surface area contributed by atoms with E-state index < -0.39 is 0 Å². The van der Waals surface area contributed by atoms with Gasteiger partial charge in [0.25, 0.3) is 0 Å². The summed E-state index contributed by atoms with van der Waals surface area (Å²) in [6, 6.07) is 7.61. The van der Waals surface area contributed by atoms with Crippen molar-refractivity contribution in [3.05, 3.63) is 42.2 Å². The van der Waals surface area contributed by atoms with Gasteiger partial charge in [0.15, 0.2) is 0 Å². The van der Waals surface area contributed by atoms with Gasteiger partial charge in [-0.15, -0.1) is 23.6 Å². The molecule has 0 bridgehead atoms. The van der Waals surface area contributed by atoms with Crippen molar-refractivity contribution in [2.45, 2.75) is 26.3 Å². The van der Waals surface area contributed by atoms with Gasteiger partial charge in [0.2, 0.25) is 5.91 Å². The van der Waals surface area contributed by atoms with Gasteiger partial charge in [-0.1, -0.05) is 24.6 Å². The van der Waals surface area contributed by atoms with Crippen LogP contribution in [0.1, 0.15) is 30.6 Å². The summed E-state index contributed by atoms with van der Waals surface area (Å²) in [6.45, 7) is 4.04. The summed E-state index contributed by atoms with van der Waals surface area (Å²) in [6.07, 6.45) is 5.46. The largest absolute Gasteiger partial charge is 0.360 e. The molecule has 4 heteroatoms. The van der Waals surface area contributed by atoms with Gasteiger partial charge in [-0.05, 0) is 19.5 Å². The number of carbonyl (C=O) groups excluding carboxylic acids is 1. The molecule has 1 N–H and O–H groups in total. The smallest absolute Gasteiger partial charge is 0.242 e. The Morgan fingerprint density at radius 2 is 2.22 bits per heavy atom. The number of rotatable bonds is 3. The number of hydrogen-bond acceptors (Lipinski definition) is 2. The summed E-state index contributed by atoms with van der Waals surface area (Å²) in [5.41, 5.74) is 0.682. The molecular weight excluding hydrogens is 301 g/mol. The molecule has 0 saturated heterocycles. The molecule has 0 spiro atoms. The van der Waals surface area contributed by atoms with Crippen molar-refractivity contribution >= 4 is 16.7 Å². The van der Waals surface area contributed by atoms with E-state index in [-0.39, 0.29) is 44.7 Å². The zero-order valence-electron chi connectivity index (χ0n) is 10.6. The number of nitrogens with one attached hydrogen (secondary N) is 1. The van der Waals surface area contributed by atoms with Crippen LogP contribution >= 0.6 is 0 Å². The van der Waals surface area contributed by atoms with Gasteiger partial charge in [-0.25, -0.2) is 0 Å². The molecule has 1 atom stereocenters. The minimum Gasteiger partial charge on any atom is -0.360 e. The first-order valence-electron chi connectivity index (χ1n) is 5.78. The number of hydrogen-bond donors (Lipinski definition) is 1. The van der Waals surface area contributed by atoms with Crippen LogP contribution in [0, 0.1) is 6.20 Å². The fourth-order valence-electron chi connectivity index (χ4n) is 1.66. The number of carbonyl (C=O) groups is 1. The Balaban J connectivity index is 0.00000162. The summed E-state index contributed by atoms with van der Waals surface area (Å²) < 4.78 is 0. The van der Waals surface area contributed by atoms with Gasteiger partial charge in [0.05, 0.1) is 0 Å². The van der Waals surface area contributed by atoms with Gasteiger partial charge >= 0.3 is 0 Å². The first-order valence-corrected chi connectivity index (χ1v) is 5.78. The monoisotopic (exact) mass is 316 g/mol. The molecule has 0 aliphatic carbocycles. The van der Waals surface area contributed by atoms with Gasteiger partial charge < -0.3 is 10.3 Å². The Morgan fingerprint density at radius 1 is 1.44 bits per heavy atom. The second kappa shape index (κ2) is 6.96. The molecule has 2 rings (SSSR count). The van der Waals surface area contributed by atoms with Crippen molar-refractivity contribution in [2.24, 2.45) is 0 Å². The molecule has 0 fully saturated rings. The second-order valence-corrected chi connectivity index (χ2v) is 4.11. The third-order valence-electron chi connectivity index (χ3n) is 2.84. The van der Waals surface area contributed by atoms with E-state index in [9.17, 15) is 4.79 Å². The van der Waals surface area contributed by atoms with Crippen LogP contribution in [0.25, 0.3) is 10.8 Å². The summed E-state index contributed by atoms with van der Waals surface area (Å²) >= 11 is 0. The van der Waals surface area contributed by atoms with Crippen LogP contribution in [0.15, 0.2) is 30.5 Å². The Morgan fingerprint density at radius 3 is 2.94 bits per heavy atom. The summed E-state index contributed by atoms with van der Waals surface area (Å²) in [5, 5.41) is 4.72. The number of nitrogens with zero attached hydrogens (tertiary/aromatic N) is 1. The van der Waals surface area contributed by atoms with Gasteiger partial charge in [0.1, 0.15) is 0 Å². The van der Waals surface area contributed by atoms with Crippen LogP contribution in [-0.4, -0.2) is 16.9 Å². The Bertz CT molecular complexity index is 537. The van der Waals surface area contributed by atoms with E-state index in [1.54, 1.807) is 6.20 Å². The Hall–Kier alpha value is -0.796. The van der Waals surface area contributed by atoms with Gasteiger partial charge in [0, 0.05) is 44.3 Å². The molecule has 2 aromatic rings. The van der Waals surface area contributed by atoms with Gasteiger partial charge in [-0.2, -0.15) is 0 Å². The molecule has 1 radical (unpaired) electrons. The number of aromatic nitrogens is 1. The first kappa shape index (κ1) is 15.3. The fraction of sp³-hybridized carbons (Fsp3) is 0.286. The van der Waals surface area contributed by atoms with E-state index in [0.29, 0.717) is 5.56 Å². The summed E-state index contributed by atoms with van der Waals surface area (Å²) in [5.74, 6) is -0.0375. The van der Waals surface area contributed by atoms with Crippen molar-refractivity contribution in [1.82, 2.24) is 10.3 Å². The summed E-state index contributed by atoms with van der Waals surface area (Å²) in [4.78, 5) is 16.0.